The normalized spacial score (nSPS) is 10.6. The minimum absolute atomic E-state index is 0.314. The zero-order chi connectivity index (χ0) is 12.4. The quantitative estimate of drug-likeness (QED) is 0.866. The van der Waals surface area contributed by atoms with Crippen LogP contribution in [0.3, 0.4) is 0 Å². The minimum atomic E-state index is -0.314. The molecule has 2 rings (SSSR count). The highest BCUT2D eigenvalue weighted by atomic mass is 35.5. The molecule has 0 amide bonds. The summed E-state index contributed by atoms with van der Waals surface area (Å²) in [5.74, 6) is -0.314. The van der Waals surface area contributed by atoms with Crippen molar-refractivity contribution in [2.24, 2.45) is 5.73 Å². The third-order valence-electron chi connectivity index (χ3n) is 2.50. The minimum Gasteiger partial charge on any atom is -0.326 e. The van der Waals surface area contributed by atoms with Crippen LogP contribution in [0.25, 0.3) is 11.1 Å². The van der Waals surface area contributed by atoms with Crippen LogP contribution in [-0.4, -0.2) is 0 Å². The third kappa shape index (κ3) is 2.60. The molecule has 0 heterocycles. The lowest BCUT2D eigenvalue weighted by atomic mass is 10.0. The van der Waals surface area contributed by atoms with E-state index in [0.717, 1.165) is 5.56 Å². The van der Waals surface area contributed by atoms with Crippen molar-refractivity contribution in [3.8, 4) is 11.1 Å². The topological polar surface area (TPSA) is 26.0 Å². The smallest absolute Gasteiger partial charge is 0.131 e. The lowest BCUT2D eigenvalue weighted by Crippen LogP contribution is -1.97. The molecule has 0 spiro atoms. The number of hydrogen-bond acceptors (Lipinski definition) is 1. The molecule has 0 aromatic heterocycles. The first-order chi connectivity index (χ1) is 8.11. The summed E-state index contributed by atoms with van der Waals surface area (Å²) in [5, 5.41) is 0.862. The average molecular weight is 270 g/mol. The summed E-state index contributed by atoms with van der Waals surface area (Å²) in [6.45, 7) is 0.318. The maximum Gasteiger partial charge on any atom is 0.131 e. The van der Waals surface area contributed by atoms with Gasteiger partial charge in [0.25, 0.3) is 0 Å². The highest BCUT2D eigenvalue weighted by Gasteiger charge is 2.07. The van der Waals surface area contributed by atoms with Crippen molar-refractivity contribution in [2.45, 2.75) is 6.54 Å². The number of halogens is 3. The Kier molecular flexibility index (Phi) is 3.67. The number of rotatable bonds is 2. The summed E-state index contributed by atoms with van der Waals surface area (Å²) in [7, 11) is 0. The van der Waals surface area contributed by atoms with Crippen LogP contribution >= 0.6 is 23.2 Å². The van der Waals surface area contributed by atoms with E-state index in [-0.39, 0.29) is 5.82 Å². The van der Waals surface area contributed by atoms with Crippen LogP contribution in [0.2, 0.25) is 10.0 Å². The van der Waals surface area contributed by atoms with Crippen LogP contribution < -0.4 is 5.73 Å². The van der Waals surface area contributed by atoms with E-state index < -0.39 is 0 Å². The fourth-order valence-corrected chi connectivity index (χ4v) is 1.88. The van der Waals surface area contributed by atoms with Crippen LogP contribution in [0.4, 0.5) is 4.39 Å². The molecule has 0 aliphatic rings. The Bertz CT molecular complexity index is 555. The molecular weight excluding hydrogens is 260 g/mol. The molecule has 0 atom stereocenters. The molecule has 2 aromatic carbocycles. The van der Waals surface area contributed by atoms with Crippen molar-refractivity contribution in [3.05, 3.63) is 57.8 Å². The van der Waals surface area contributed by atoms with Crippen LogP contribution in [0.1, 0.15) is 5.56 Å². The van der Waals surface area contributed by atoms with Gasteiger partial charge >= 0.3 is 0 Å². The molecule has 0 saturated carbocycles. The fourth-order valence-electron chi connectivity index (χ4n) is 1.58. The lowest BCUT2D eigenvalue weighted by Gasteiger charge is -2.06. The van der Waals surface area contributed by atoms with Gasteiger partial charge in [0.15, 0.2) is 0 Å². The Morgan fingerprint density at radius 2 is 1.76 bits per heavy atom. The number of benzene rings is 2. The Morgan fingerprint density at radius 1 is 1.00 bits per heavy atom. The van der Waals surface area contributed by atoms with Gasteiger partial charge in [-0.05, 0) is 29.3 Å². The van der Waals surface area contributed by atoms with Crippen molar-refractivity contribution >= 4 is 23.2 Å². The first kappa shape index (κ1) is 12.4. The van der Waals surface area contributed by atoms with Crippen molar-refractivity contribution in [2.75, 3.05) is 0 Å². The molecule has 0 aliphatic carbocycles. The maximum absolute atomic E-state index is 13.8. The summed E-state index contributed by atoms with van der Waals surface area (Å²) in [4.78, 5) is 0. The van der Waals surface area contributed by atoms with Crippen molar-refractivity contribution in [3.63, 3.8) is 0 Å². The molecule has 0 bridgehead atoms. The molecule has 1 nitrogen and oxygen atoms in total. The molecule has 17 heavy (non-hydrogen) atoms. The van der Waals surface area contributed by atoms with E-state index in [2.05, 4.69) is 0 Å². The Labute approximate surface area is 109 Å². The van der Waals surface area contributed by atoms with Gasteiger partial charge in [-0.15, -0.1) is 0 Å². The van der Waals surface area contributed by atoms with Crippen molar-refractivity contribution in [1.29, 1.82) is 0 Å². The predicted octanol–water partition coefficient (Wildman–Crippen LogP) is 4.26. The van der Waals surface area contributed by atoms with E-state index in [1.165, 1.54) is 6.07 Å². The third-order valence-corrected chi connectivity index (χ3v) is 3.24. The first-order valence-electron chi connectivity index (χ1n) is 5.05. The van der Waals surface area contributed by atoms with Crippen LogP contribution in [0, 0.1) is 5.82 Å². The molecule has 2 N–H and O–H groups in total. The Hall–Kier alpha value is -1.09. The van der Waals surface area contributed by atoms with E-state index in [1.807, 2.05) is 0 Å². The maximum atomic E-state index is 13.8. The van der Waals surface area contributed by atoms with Gasteiger partial charge in [0, 0.05) is 12.1 Å². The molecule has 0 aliphatic heterocycles. The van der Waals surface area contributed by atoms with Gasteiger partial charge < -0.3 is 5.73 Å². The molecule has 0 fully saturated rings. The predicted molar refractivity (Wildman–Crippen MR) is 69.7 cm³/mol. The monoisotopic (exact) mass is 269 g/mol. The molecule has 0 saturated heterocycles. The van der Waals surface area contributed by atoms with Gasteiger partial charge in [-0.25, -0.2) is 4.39 Å². The van der Waals surface area contributed by atoms with Crippen molar-refractivity contribution < 1.29 is 4.39 Å². The van der Waals surface area contributed by atoms with E-state index in [0.29, 0.717) is 27.7 Å². The molecular formula is C13H10Cl2FN. The highest BCUT2D eigenvalue weighted by molar-refractivity contribution is 6.42. The summed E-state index contributed by atoms with van der Waals surface area (Å²) in [5.41, 5.74) is 7.38. The van der Waals surface area contributed by atoms with E-state index in [1.54, 1.807) is 30.3 Å². The molecule has 2 aromatic rings. The van der Waals surface area contributed by atoms with Gasteiger partial charge in [0.1, 0.15) is 5.82 Å². The van der Waals surface area contributed by atoms with Crippen LogP contribution in [0.5, 0.6) is 0 Å². The number of nitrogens with two attached hydrogens (primary N) is 1. The molecule has 4 heteroatoms. The fraction of sp³-hybridized carbons (Fsp3) is 0.0769. The average Bonchev–Trinajstić information content (AvgIpc) is 2.32. The zero-order valence-corrected chi connectivity index (χ0v) is 10.4. The number of hydrogen-bond donors (Lipinski definition) is 1. The van der Waals surface area contributed by atoms with E-state index >= 15 is 0 Å². The second kappa shape index (κ2) is 5.05. The summed E-state index contributed by atoms with van der Waals surface area (Å²) < 4.78 is 13.8. The van der Waals surface area contributed by atoms with Gasteiger partial charge in [-0.2, -0.15) is 0 Å². The van der Waals surface area contributed by atoms with Gasteiger partial charge in [0.05, 0.1) is 10.0 Å². The SMILES string of the molecule is NCc1ccc(-c2ccc(Cl)c(Cl)c2)c(F)c1. The van der Waals surface area contributed by atoms with Crippen LogP contribution in [-0.2, 0) is 6.54 Å². The highest BCUT2D eigenvalue weighted by Crippen LogP contribution is 2.30. The molecule has 0 radical (unpaired) electrons. The summed E-state index contributed by atoms with van der Waals surface area (Å²) >= 11 is 11.7. The molecule has 88 valence electrons. The van der Waals surface area contributed by atoms with Crippen molar-refractivity contribution in [1.82, 2.24) is 0 Å². The summed E-state index contributed by atoms with van der Waals surface area (Å²) in [6, 6.07) is 9.94. The van der Waals surface area contributed by atoms with E-state index in [9.17, 15) is 4.39 Å². The second-order valence-electron chi connectivity index (χ2n) is 3.65. The first-order valence-corrected chi connectivity index (χ1v) is 5.81. The lowest BCUT2D eigenvalue weighted by molar-refractivity contribution is 0.629. The largest absolute Gasteiger partial charge is 0.326 e. The zero-order valence-electron chi connectivity index (χ0n) is 8.88. The standard InChI is InChI=1S/C13H10Cl2FN/c14-11-4-2-9(6-12(11)15)10-3-1-8(7-17)5-13(10)16/h1-6H,7,17H2. The Balaban J connectivity index is 2.49. The second-order valence-corrected chi connectivity index (χ2v) is 4.46. The van der Waals surface area contributed by atoms with Crippen LogP contribution in [0.15, 0.2) is 36.4 Å². The van der Waals surface area contributed by atoms with E-state index in [4.69, 9.17) is 28.9 Å². The van der Waals surface area contributed by atoms with Gasteiger partial charge in [-0.1, -0.05) is 41.4 Å². The Morgan fingerprint density at radius 3 is 2.35 bits per heavy atom. The van der Waals surface area contributed by atoms with Gasteiger partial charge in [0.2, 0.25) is 0 Å². The van der Waals surface area contributed by atoms with Gasteiger partial charge in [-0.3, -0.25) is 0 Å². The summed E-state index contributed by atoms with van der Waals surface area (Å²) in [6.07, 6.45) is 0. The molecule has 0 unspecified atom stereocenters.